The summed E-state index contributed by atoms with van der Waals surface area (Å²) in [6.07, 6.45) is 6.65. The number of nitrogens with one attached hydrogen (secondary N) is 1. The van der Waals surface area contributed by atoms with E-state index in [0.29, 0.717) is 5.88 Å². The van der Waals surface area contributed by atoms with Gasteiger partial charge in [0.2, 0.25) is 0 Å². The molecular formula is C12H16BrClN2. The fourth-order valence-corrected chi connectivity index (χ4v) is 2.77. The number of hydrogen-bond acceptors (Lipinski definition) is 2. The second kappa shape index (κ2) is 4.92. The number of anilines is 1. The number of alkyl halides is 1. The molecule has 0 unspecified atom stereocenters. The molecule has 0 aliphatic heterocycles. The molecule has 1 heterocycles. The summed E-state index contributed by atoms with van der Waals surface area (Å²) in [5, 5.41) is 3.51. The molecule has 1 saturated carbocycles. The van der Waals surface area contributed by atoms with Crippen molar-refractivity contribution in [3.63, 3.8) is 0 Å². The molecule has 0 aromatic carbocycles. The van der Waals surface area contributed by atoms with Crippen LogP contribution < -0.4 is 5.32 Å². The van der Waals surface area contributed by atoms with Crippen molar-refractivity contribution in [3.05, 3.63) is 22.3 Å². The second-order valence-electron chi connectivity index (χ2n) is 4.56. The molecule has 1 aliphatic rings. The van der Waals surface area contributed by atoms with Gasteiger partial charge in [-0.3, -0.25) is 0 Å². The Morgan fingerprint density at radius 1 is 1.50 bits per heavy atom. The van der Waals surface area contributed by atoms with Gasteiger partial charge < -0.3 is 5.32 Å². The van der Waals surface area contributed by atoms with E-state index in [1.165, 1.54) is 18.4 Å². The Hall–Kier alpha value is -0.280. The molecule has 1 aromatic heterocycles. The van der Waals surface area contributed by atoms with Crippen LogP contribution in [0.3, 0.4) is 0 Å². The molecular weight excluding hydrogens is 288 g/mol. The first-order valence-corrected chi connectivity index (χ1v) is 6.94. The van der Waals surface area contributed by atoms with Crippen molar-refractivity contribution in [2.75, 3.05) is 11.2 Å². The minimum atomic E-state index is 0.0643. The van der Waals surface area contributed by atoms with Crippen molar-refractivity contribution in [2.45, 2.75) is 38.1 Å². The van der Waals surface area contributed by atoms with Crippen LogP contribution in [0.5, 0.6) is 0 Å². The quantitative estimate of drug-likeness (QED) is 0.850. The van der Waals surface area contributed by atoms with Crippen molar-refractivity contribution < 1.29 is 0 Å². The van der Waals surface area contributed by atoms with Crippen molar-refractivity contribution in [3.8, 4) is 0 Å². The van der Waals surface area contributed by atoms with Gasteiger partial charge in [0.1, 0.15) is 5.82 Å². The smallest absolute Gasteiger partial charge is 0.126 e. The Kier molecular flexibility index (Phi) is 3.75. The van der Waals surface area contributed by atoms with E-state index < -0.39 is 0 Å². The molecule has 2 nitrogen and oxygen atoms in total. The van der Waals surface area contributed by atoms with Crippen molar-refractivity contribution in [1.29, 1.82) is 0 Å². The Morgan fingerprint density at radius 3 is 2.75 bits per heavy atom. The van der Waals surface area contributed by atoms with E-state index in [4.69, 9.17) is 11.6 Å². The maximum Gasteiger partial charge on any atom is 0.126 e. The Morgan fingerprint density at radius 2 is 2.19 bits per heavy atom. The molecule has 0 saturated heterocycles. The van der Waals surface area contributed by atoms with Crippen LogP contribution in [0.1, 0.15) is 31.2 Å². The number of hydrogen-bond donors (Lipinski definition) is 1. The number of rotatable bonds is 3. The zero-order valence-corrected chi connectivity index (χ0v) is 11.7. The molecule has 4 heteroatoms. The molecule has 88 valence electrons. The third-order valence-electron chi connectivity index (χ3n) is 3.26. The fraction of sp³-hybridized carbons (Fsp3) is 0.583. The molecule has 1 aliphatic carbocycles. The molecule has 0 radical (unpaired) electrons. The molecule has 1 aromatic rings. The van der Waals surface area contributed by atoms with Gasteiger partial charge in [-0.1, -0.05) is 12.8 Å². The number of nitrogens with zero attached hydrogens (tertiary/aromatic N) is 1. The lowest BCUT2D eigenvalue weighted by Gasteiger charge is -2.28. The molecule has 0 atom stereocenters. The molecule has 16 heavy (non-hydrogen) atoms. The lowest BCUT2D eigenvalue weighted by atomic mass is 10.0. The largest absolute Gasteiger partial charge is 0.363 e. The van der Waals surface area contributed by atoms with Gasteiger partial charge in [-0.05, 0) is 47.3 Å². The van der Waals surface area contributed by atoms with Crippen LogP contribution in [0.4, 0.5) is 5.82 Å². The summed E-state index contributed by atoms with van der Waals surface area (Å²) in [6, 6.07) is 2.07. The summed E-state index contributed by atoms with van der Waals surface area (Å²) < 4.78 is 1.05. The highest BCUT2D eigenvalue weighted by molar-refractivity contribution is 9.10. The normalized spacial score (nSPS) is 18.7. The van der Waals surface area contributed by atoms with Crippen LogP contribution in [0, 0.1) is 6.92 Å². The number of halogens is 2. The first kappa shape index (κ1) is 12.2. The van der Waals surface area contributed by atoms with Gasteiger partial charge in [0.05, 0.1) is 5.54 Å². The molecule has 2 rings (SSSR count). The zero-order valence-electron chi connectivity index (χ0n) is 9.39. The highest BCUT2D eigenvalue weighted by Gasteiger charge is 2.33. The molecule has 0 bridgehead atoms. The topological polar surface area (TPSA) is 24.9 Å². The first-order chi connectivity index (χ1) is 7.65. The van der Waals surface area contributed by atoms with Gasteiger partial charge in [-0.2, -0.15) is 0 Å². The van der Waals surface area contributed by atoms with Crippen molar-refractivity contribution in [2.24, 2.45) is 0 Å². The molecule has 0 amide bonds. The van der Waals surface area contributed by atoms with E-state index in [1.807, 2.05) is 6.20 Å². The Balaban J connectivity index is 2.16. The minimum absolute atomic E-state index is 0.0643. The van der Waals surface area contributed by atoms with E-state index >= 15 is 0 Å². The maximum atomic E-state index is 6.09. The number of pyridine rings is 1. The van der Waals surface area contributed by atoms with Crippen LogP contribution in [0.2, 0.25) is 0 Å². The number of aromatic nitrogens is 1. The molecule has 1 N–H and O–H groups in total. The maximum absolute atomic E-state index is 6.09. The Labute approximate surface area is 110 Å². The molecule has 1 fully saturated rings. The predicted octanol–water partition coefficient (Wildman–Crippen LogP) is 4.12. The summed E-state index contributed by atoms with van der Waals surface area (Å²) in [4.78, 5) is 4.38. The monoisotopic (exact) mass is 302 g/mol. The van der Waals surface area contributed by atoms with E-state index in [-0.39, 0.29) is 5.54 Å². The summed E-state index contributed by atoms with van der Waals surface area (Å²) in [6.45, 7) is 2.07. The van der Waals surface area contributed by atoms with Gasteiger partial charge in [0.25, 0.3) is 0 Å². The summed E-state index contributed by atoms with van der Waals surface area (Å²) >= 11 is 9.54. The van der Waals surface area contributed by atoms with Gasteiger partial charge in [-0.25, -0.2) is 4.98 Å². The average molecular weight is 304 g/mol. The second-order valence-corrected chi connectivity index (χ2v) is 5.69. The van der Waals surface area contributed by atoms with Crippen LogP contribution in [-0.4, -0.2) is 16.4 Å². The van der Waals surface area contributed by atoms with Gasteiger partial charge in [-0.15, -0.1) is 11.6 Å². The average Bonchev–Trinajstić information content (AvgIpc) is 2.73. The summed E-state index contributed by atoms with van der Waals surface area (Å²) in [7, 11) is 0. The zero-order chi connectivity index (χ0) is 11.6. The summed E-state index contributed by atoms with van der Waals surface area (Å²) in [5.74, 6) is 1.59. The van der Waals surface area contributed by atoms with Crippen LogP contribution >= 0.6 is 27.5 Å². The highest BCUT2D eigenvalue weighted by atomic mass is 79.9. The van der Waals surface area contributed by atoms with Crippen LogP contribution in [0.25, 0.3) is 0 Å². The standard InChI is InChI=1S/C12H16BrClN2/c1-9-6-11(15-7-10(9)13)16-12(8-14)4-2-3-5-12/h6-7H,2-5,8H2,1H3,(H,15,16). The minimum Gasteiger partial charge on any atom is -0.363 e. The summed E-state index contributed by atoms with van der Waals surface area (Å²) in [5.41, 5.74) is 1.26. The van der Waals surface area contributed by atoms with Crippen LogP contribution in [0.15, 0.2) is 16.7 Å². The van der Waals surface area contributed by atoms with E-state index in [0.717, 1.165) is 23.1 Å². The Bertz CT molecular complexity index is 375. The fourth-order valence-electron chi connectivity index (χ4n) is 2.22. The highest BCUT2D eigenvalue weighted by Crippen LogP contribution is 2.34. The molecule has 0 spiro atoms. The third-order valence-corrected chi connectivity index (χ3v) is 4.60. The van der Waals surface area contributed by atoms with E-state index in [1.54, 1.807) is 0 Å². The third kappa shape index (κ3) is 2.51. The SMILES string of the molecule is Cc1cc(NC2(CCl)CCCC2)ncc1Br. The van der Waals surface area contributed by atoms with Crippen LogP contribution in [-0.2, 0) is 0 Å². The van der Waals surface area contributed by atoms with E-state index in [2.05, 4.69) is 39.2 Å². The first-order valence-electron chi connectivity index (χ1n) is 5.61. The number of aryl methyl sites for hydroxylation is 1. The van der Waals surface area contributed by atoms with Crippen molar-refractivity contribution >= 4 is 33.3 Å². The van der Waals surface area contributed by atoms with Gasteiger partial charge in [0.15, 0.2) is 0 Å². The lowest BCUT2D eigenvalue weighted by molar-refractivity contribution is 0.537. The lowest BCUT2D eigenvalue weighted by Crippen LogP contribution is -2.37. The van der Waals surface area contributed by atoms with Gasteiger partial charge in [0, 0.05) is 16.5 Å². The van der Waals surface area contributed by atoms with E-state index in [9.17, 15) is 0 Å². The predicted molar refractivity (Wildman–Crippen MR) is 72.2 cm³/mol. The van der Waals surface area contributed by atoms with Gasteiger partial charge >= 0.3 is 0 Å². The van der Waals surface area contributed by atoms with Crippen molar-refractivity contribution in [1.82, 2.24) is 4.98 Å².